The van der Waals surface area contributed by atoms with E-state index >= 15 is 0 Å². The second kappa shape index (κ2) is 8.37. The molecular weight excluding hydrogens is 360 g/mol. The SMILES string of the molecule is Cc1ccnc(Nc2cccc(-c3cnc(C(C)CC(=O)C(C)O)s3)n2)c1. The Morgan fingerprint density at radius 2 is 2.04 bits per heavy atom. The largest absolute Gasteiger partial charge is 0.386 e. The van der Waals surface area contributed by atoms with E-state index in [0.29, 0.717) is 5.82 Å². The highest BCUT2D eigenvalue weighted by atomic mass is 32.1. The van der Waals surface area contributed by atoms with Gasteiger partial charge in [-0.05, 0) is 43.7 Å². The summed E-state index contributed by atoms with van der Waals surface area (Å²) in [6.45, 7) is 5.45. The van der Waals surface area contributed by atoms with E-state index in [1.54, 1.807) is 12.4 Å². The predicted molar refractivity (Wildman–Crippen MR) is 107 cm³/mol. The summed E-state index contributed by atoms with van der Waals surface area (Å²) in [5.41, 5.74) is 1.93. The molecule has 27 heavy (non-hydrogen) atoms. The molecule has 2 atom stereocenters. The summed E-state index contributed by atoms with van der Waals surface area (Å²) in [6, 6.07) is 9.65. The van der Waals surface area contributed by atoms with Crippen molar-refractivity contribution in [3.63, 3.8) is 0 Å². The summed E-state index contributed by atoms with van der Waals surface area (Å²) in [4.78, 5) is 26.1. The minimum absolute atomic E-state index is 0.0383. The van der Waals surface area contributed by atoms with Crippen LogP contribution in [0, 0.1) is 6.92 Å². The third-order valence-corrected chi connectivity index (χ3v) is 5.34. The van der Waals surface area contributed by atoms with Crippen LogP contribution < -0.4 is 5.32 Å². The van der Waals surface area contributed by atoms with Gasteiger partial charge in [-0.25, -0.2) is 15.0 Å². The molecule has 3 aromatic heterocycles. The fourth-order valence-corrected chi connectivity index (χ4v) is 3.51. The molecular formula is C20H22N4O2S. The highest BCUT2D eigenvalue weighted by Gasteiger charge is 2.18. The molecule has 0 saturated heterocycles. The van der Waals surface area contributed by atoms with Crippen molar-refractivity contribution in [2.24, 2.45) is 0 Å². The highest BCUT2D eigenvalue weighted by molar-refractivity contribution is 7.15. The predicted octanol–water partition coefficient (Wildman–Crippen LogP) is 4.10. The number of aliphatic hydroxyl groups excluding tert-OH is 1. The van der Waals surface area contributed by atoms with Crippen molar-refractivity contribution in [2.75, 3.05) is 5.32 Å². The number of nitrogens with one attached hydrogen (secondary N) is 1. The zero-order valence-electron chi connectivity index (χ0n) is 15.5. The van der Waals surface area contributed by atoms with E-state index in [2.05, 4.69) is 20.3 Å². The normalized spacial score (nSPS) is 13.2. The van der Waals surface area contributed by atoms with Crippen LogP contribution in [-0.2, 0) is 4.79 Å². The van der Waals surface area contributed by atoms with Gasteiger partial charge >= 0.3 is 0 Å². The minimum atomic E-state index is -0.938. The van der Waals surface area contributed by atoms with Gasteiger partial charge in [-0.1, -0.05) is 13.0 Å². The number of carbonyl (C=O) groups is 1. The van der Waals surface area contributed by atoms with Crippen LogP contribution in [0.5, 0.6) is 0 Å². The van der Waals surface area contributed by atoms with Gasteiger partial charge in [0, 0.05) is 24.7 Å². The Morgan fingerprint density at radius 3 is 2.78 bits per heavy atom. The molecule has 3 heterocycles. The first-order chi connectivity index (χ1) is 12.9. The molecule has 0 spiro atoms. The standard InChI is InChI=1S/C20H22N4O2S/c1-12-7-8-21-19(9-12)24-18-6-4-5-15(23-18)17-11-22-20(27-17)13(2)10-16(26)14(3)25/h4-9,11,13-14,25H,10H2,1-3H3,(H,21,23,24). The molecule has 2 N–H and O–H groups in total. The first-order valence-electron chi connectivity index (χ1n) is 8.76. The summed E-state index contributed by atoms with van der Waals surface area (Å²) < 4.78 is 0. The fraction of sp³-hybridized carbons (Fsp3) is 0.300. The number of rotatable bonds is 7. The van der Waals surface area contributed by atoms with Gasteiger partial charge in [0.05, 0.1) is 15.6 Å². The zero-order chi connectivity index (χ0) is 19.4. The van der Waals surface area contributed by atoms with Gasteiger partial charge < -0.3 is 10.4 Å². The van der Waals surface area contributed by atoms with E-state index in [0.717, 1.165) is 27.0 Å². The van der Waals surface area contributed by atoms with Crippen LogP contribution in [0.1, 0.15) is 36.8 Å². The Labute approximate surface area is 162 Å². The van der Waals surface area contributed by atoms with E-state index in [-0.39, 0.29) is 18.1 Å². The van der Waals surface area contributed by atoms with Crippen molar-refractivity contribution in [1.82, 2.24) is 15.0 Å². The maximum Gasteiger partial charge on any atom is 0.161 e. The maximum absolute atomic E-state index is 11.7. The van der Waals surface area contributed by atoms with Gasteiger partial charge in [-0.3, -0.25) is 4.79 Å². The Hall–Kier alpha value is -2.64. The second-order valence-corrected chi connectivity index (χ2v) is 7.62. The number of nitrogens with zero attached hydrogens (tertiary/aromatic N) is 3. The molecule has 0 aliphatic heterocycles. The van der Waals surface area contributed by atoms with Crippen LogP contribution in [0.15, 0.2) is 42.7 Å². The Morgan fingerprint density at radius 1 is 1.22 bits per heavy atom. The van der Waals surface area contributed by atoms with Crippen molar-refractivity contribution >= 4 is 28.8 Å². The number of hydrogen-bond acceptors (Lipinski definition) is 7. The number of aromatic nitrogens is 3. The lowest BCUT2D eigenvalue weighted by Crippen LogP contribution is -2.17. The van der Waals surface area contributed by atoms with E-state index in [4.69, 9.17) is 0 Å². The molecule has 0 bridgehead atoms. The van der Waals surface area contributed by atoms with Crippen molar-refractivity contribution < 1.29 is 9.90 Å². The average Bonchev–Trinajstić information content (AvgIpc) is 3.12. The monoisotopic (exact) mass is 382 g/mol. The third-order valence-electron chi connectivity index (χ3n) is 4.09. The topological polar surface area (TPSA) is 88.0 Å². The van der Waals surface area contributed by atoms with E-state index in [9.17, 15) is 9.90 Å². The summed E-state index contributed by atoms with van der Waals surface area (Å²) >= 11 is 1.51. The molecule has 0 amide bonds. The van der Waals surface area contributed by atoms with Crippen molar-refractivity contribution in [3.8, 4) is 10.6 Å². The average molecular weight is 382 g/mol. The molecule has 0 fully saturated rings. The van der Waals surface area contributed by atoms with Crippen LogP contribution in [0.4, 0.5) is 11.6 Å². The van der Waals surface area contributed by atoms with Gasteiger partial charge in [0.25, 0.3) is 0 Å². The Balaban J connectivity index is 1.75. The number of aryl methyl sites for hydroxylation is 1. The van der Waals surface area contributed by atoms with Gasteiger partial charge in [-0.2, -0.15) is 0 Å². The lowest BCUT2D eigenvalue weighted by Gasteiger charge is -2.08. The van der Waals surface area contributed by atoms with Crippen molar-refractivity contribution in [3.05, 3.63) is 53.3 Å². The molecule has 0 aromatic carbocycles. The smallest absolute Gasteiger partial charge is 0.161 e. The molecule has 2 unspecified atom stereocenters. The number of aliphatic hydroxyl groups is 1. The minimum Gasteiger partial charge on any atom is -0.386 e. The molecule has 0 aliphatic carbocycles. The second-order valence-electron chi connectivity index (χ2n) is 6.56. The molecule has 0 aliphatic rings. The number of hydrogen-bond donors (Lipinski definition) is 2. The number of Topliss-reactive ketones (excluding diaryl/α,β-unsaturated/α-hetero) is 1. The molecule has 3 aromatic rings. The first-order valence-corrected chi connectivity index (χ1v) is 9.57. The molecule has 0 saturated carbocycles. The maximum atomic E-state index is 11.7. The van der Waals surface area contributed by atoms with E-state index < -0.39 is 6.10 Å². The zero-order valence-corrected chi connectivity index (χ0v) is 16.3. The number of ketones is 1. The summed E-state index contributed by atoms with van der Waals surface area (Å²) in [7, 11) is 0. The van der Waals surface area contributed by atoms with E-state index in [1.807, 2.05) is 44.2 Å². The number of anilines is 2. The quantitative estimate of drug-likeness (QED) is 0.640. The van der Waals surface area contributed by atoms with Crippen molar-refractivity contribution in [1.29, 1.82) is 0 Å². The summed E-state index contributed by atoms with van der Waals surface area (Å²) in [5.74, 6) is 1.24. The van der Waals surface area contributed by atoms with Crippen LogP contribution in [0.25, 0.3) is 10.6 Å². The van der Waals surface area contributed by atoms with Gasteiger partial charge in [0.15, 0.2) is 5.78 Å². The molecule has 140 valence electrons. The lowest BCUT2D eigenvalue weighted by atomic mass is 10.0. The molecule has 6 nitrogen and oxygen atoms in total. The van der Waals surface area contributed by atoms with Crippen LogP contribution >= 0.6 is 11.3 Å². The highest BCUT2D eigenvalue weighted by Crippen LogP contribution is 2.31. The van der Waals surface area contributed by atoms with Crippen LogP contribution in [-0.4, -0.2) is 31.9 Å². The third kappa shape index (κ3) is 4.96. The summed E-state index contributed by atoms with van der Waals surface area (Å²) in [6.07, 6.45) is 2.87. The number of thiazole rings is 1. The van der Waals surface area contributed by atoms with Crippen LogP contribution in [0.2, 0.25) is 0 Å². The first kappa shape index (κ1) is 19.1. The Bertz CT molecular complexity index is 939. The molecule has 0 radical (unpaired) electrons. The van der Waals surface area contributed by atoms with Gasteiger partial charge in [0.2, 0.25) is 0 Å². The number of pyridine rings is 2. The molecule has 7 heteroatoms. The fourth-order valence-electron chi connectivity index (χ4n) is 2.57. The van der Waals surface area contributed by atoms with E-state index in [1.165, 1.54) is 18.3 Å². The van der Waals surface area contributed by atoms with Crippen molar-refractivity contribution in [2.45, 2.75) is 39.2 Å². The van der Waals surface area contributed by atoms with Crippen LogP contribution in [0.3, 0.4) is 0 Å². The lowest BCUT2D eigenvalue weighted by molar-refractivity contribution is -0.126. The number of carbonyl (C=O) groups excluding carboxylic acids is 1. The summed E-state index contributed by atoms with van der Waals surface area (Å²) in [5, 5.41) is 13.5. The molecule has 3 rings (SSSR count). The Kier molecular flexibility index (Phi) is 5.93. The van der Waals surface area contributed by atoms with Gasteiger partial charge in [0.1, 0.15) is 17.7 Å². The van der Waals surface area contributed by atoms with Gasteiger partial charge in [-0.15, -0.1) is 11.3 Å².